The standard InChI is InChI=1S/C18H17N3OS/c1-12-4-3-5-16(20-12)15-8-6-14(7-9-15)10-17(22)21-18-19-11-13(2)23-18/h3-9,11H,10H2,1-2H3,(H,19,21,22). The number of aromatic nitrogens is 2. The van der Waals surface area contributed by atoms with E-state index in [0.29, 0.717) is 11.6 Å². The van der Waals surface area contributed by atoms with Gasteiger partial charge in [-0.1, -0.05) is 30.3 Å². The van der Waals surface area contributed by atoms with Crippen LogP contribution in [0.5, 0.6) is 0 Å². The minimum Gasteiger partial charge on any atom is -0.302 e. The number of carbonyl (C=O) groups is 1. The number of nitrogens with one attached hydrogen (secondary N) is 1. The van der Waals surface area contributed by atoms with E-state index in [4.69, 9.17) is 0 Å². The first kappa shape index (κ1) is 15.4. The number of hydrogen-bond donors (Lipinski definition) is 1. The van der Waals surface area contributed by atoms with Crippen molar-refractivity contribution < 1.29 is 4.79 Å². The van der Waals surface area contributed by atoms with Gasteiger partial charge in [-0.05, 0) is 31.5 Å². The monoisotopic (exact) mass is 323 g/mol. The molecule has 0 aliphatic carbocycles. The quantitative estimate of drug-likeness (QED) is 0.789. The Bertz CT molecular complexity index is 824. The van der Waals surface area contributed by atoms with Gasteiger partial charge in [-0.25, -0.2) is 4.98 Å². The fourth-order valence-electron chi connectivity index (χ4n) is 2.26. The van der Waals surface area contributed by atoms with Crippen LogP contribution >= 0.6 is 11.3 Å². The van der Waals surface area contributed by atoms with Crippen LogP contribution in [-0.2, 0) is 11.2 Å². The molecular weight excluding hydrogens is 306 g/mol. The van der Waals surface area contributed by atoms with Crippen LogP contribution in [0.4, 0.5) is 5.13 Å². The molecule has 2 heterocycles. The van der Waals surface area contributed by atoms with Gasteiger partial charge in [-0.2, -0.15) is 0 Å². The Morgan fingerprint density at radius 3 is 2.57 bits per heavy atom. The predicted octanol–water partition coefficient (Wildman–Crippen LogP) is 4.00. The second-order valence-electron chi connectivity index (χ2n) is 5.36. The van der Waals surface area contributed by atoms with Gasteiger partial charge in [0.1, 0.15) is 0 Å². The van der Waals surface area contributed by atoms with Crippen molar-refractivity contribution in [1.29, 1.82) is 0 Å². The zero-order chi connectivity index (χ0) is 16.2. The van der Waals surface area contributed by atoms with E-state index in [9.17, 15) is 4.79 Å². The molecule has 0 fully saturated rings. The summed E-state index contributed by atoms with van der Waals surface area (Å²) in [5.41, 5.74) is 3.95. The second kappa shape index (κ2) is 6.71. The Morgan fingerprint density at radius 1 is 1.13 bits per heavy atom. The largest absolute Gasteiger partial charge is 0.302 e. The van der Waals surface area contributed by atoms with E-state index >= 15 is 0 Å². The van der Waals surface area contributed by atoms with E-state index in [-0.39, 0.29) is 5.91 Å². The van der Waals surface area contributed by atoms with Gasteiger partial charge < -0.3 is 5.32 Å². The Balaban J connectivity index is 1.66. The summed E-state index contributed by atoms with van der Waals surface area (Å²) in [5, 5.41) is 3.47. The van der Waals surface area contributed by atoms with Crippen LogP contribution < -0.4 is 5.32 Å². The molecule has 23 heavy (non-hydrogen) atoms. The molecule has 116 valence electrons. The molecule has 2 aromatic heterocycles. The summed E-state index contributed by atoms with van der Waals surface area (Å²) in [6.45, 7) is 3.94. The summed E-state index contributed by atoms with van der Waals surface area (Å²) in [4.78, 5) is 21.8. The van der Waals surface area contributed by atoms with Crippen LogP contribution in [-0.4, -0.2) is 15.9 Å². The second-order valence-corrected chi connectivity index (χ2v) is 6.60. The molecule has 0 aliphatic heterocycles. The SMILES string of the molecule is Cc1cccc(-c2ccc(CC(=O)Nc3ncc(C)s3)cc2)n1. The molecular formula is C18H17N3OS. The van der Waals surface area contributed by atoms with Crippen molar-refractivity contribution in [2.24, 2.45) is 0 Å². The van der Waals surface area contributed by atoms with Gasteiger partial charge in [0.05, 0.1) is 12.1 Å². The molecule has 0 bridgehead atoms. The van der Waals surface area contributed by atoms with Gasteiger partial charge in [0.25, 0.3) is 0 Å². The number of thiazole rings is 1. The van der Waals surface area contributed by atoms with Gasteiger partial charge in [0.15, 0.2) is 5.13 Å². The Morgan fingerprint density at radius 2 is 1.91 bits per heavy atom. The summed E-state index contributed by atoms with van der Waals surface area (Å²) in [6, 6.07) is 13.9. The van der Waals surface area contributed by atoms with Crippen LogP contribution in [0.2, 0.25) is 0 Å². The zero-order valence-electron chi connectivity index (χ0n) is 13.0. The number of benzene rings is 1. The number of amides is 1. The molecule has 3 rings (SSSR count). The first-order valence-corrected chi connectivity index (χ1v) is 8.17. The number of aryl methyl sites for hydroxylation is 2. The maximum absolute atomic E-state index is 12.0. The fourth-order valence-corrected chi connectivity index (χ4v) is 2.94. The average Bonchev–Trinajstić information content (AvgIpc) is 2.93. The van der Waals surface area contributed by atoms with Crippen molar-refractivity contribution in [2.75, 3.05) is 5.32 Å². The average molecular weight is 323 g/mol. The van der Waals surface area contributed by atoms with Crippen LogP contribution in [0.1, 0.15) is 16.1 Å². The maximum atomic E-state index is 12.0. The van der Waals surface area contributed by atoms with Gasteiger partial charge in [-0.3, -0.25) is 9.78 Å². The van der Waals surface area contributed by atoms with Crippen LogP contribution in [0.15, 0.2) is 48.7 Å². The topological polar surface area (TPSA) is 54.9 Å². The van der Waals surface area contributed by atoms with E-state index in [1.165, 1.54) is 11.3 Å². The molecule has 1 amide bonds. The molecule has 0 saturated carbocycles. The highest BCUT2D eigenvalue weighted by Gasteiger charge is 2.07. The summed E-state index contributed by atoms with van der Waals surface area (Å²) in [7, 11) is 0. The van der Waals surface area contributed by atoms with E-state index in [0.717, 1.165) is 27.4 Å². The number of rotatable bonds is 4. The van der Waals surface area contributed by atoms with Crippen molar-refractivity contribution in [3.8, 4) is 11.3 Å². The number of hydrogen-bond acceptors (Lipinski definition) is 4. The van der Waals surface area contributed by atoms with Crippen molar-refractivity contribution in [3.63, 3.8) is 0 Å². The van der Waals surface area contributed by atoms with E-state index in [1.54, 1.807) is 6.20 Å². The molecule has 0 saturated heterocycles. The van der Waals surface area contributed by atoms with Crippen molar-refractivity contribution in [3.05, 3.63) is 64.8 Å². The molecule has 1 N–H and O–H groups in total. The Labute approximate surface area is 139 Å². The van der Waals surface area contributed by atoms with E-state index < -0.39 is 0 Å². The molecule has 4 nitrogen and oxygen atoms in total. The number of carbonyl (C=O) groups excluding carboxylic acids is 1. The van der Waals surface area contributed by atoms with Gasteiger partial charge in [0, 0.05) is 22.3 Å². The molecule has 0 spiro atoms. The number of nitrogens with zero attached hydrogens (tertiary/aromatic N) is 2. The van der Waals surface area contributed by atoms with Gasteiger partial charge in [0.2, 0.25) is 5.91 Å². The molecule has 0 unspecified atom stereocenters. The van der Waals surface area contributed by atoms with E-state index in [1.807, 2.05) is 56.3 Å². The lowest BCUT2D eigenvalue weighted by atomic mass is 10.1. The summed E-state index contributed by atoms with van der Waals surface area (Å²) in [5.74, 6) is -0.0548. The fraction of sp³-hybridized carbons (Fsp3) is 0.167. The highest BCUT2D eigenvalue weighted by Crippen LogP contribution is 2.19. The van der Waals surface area contributed by atoms with Crippen LogP contribution in [0.25, 0.3) is 11.3 Å². The molecule has 0 aliphatic rings. The smallest absolute Gasteiger partial charge is 0.230 e. The maximum Gasteiger partial charge on any atom is 0.230 e. The van der Waals surface area contributed by atoms with E-state index in [2.05, 4.69) is 15.3 Å². The minimum absolute atomic E-state index is 0.0548. The highest BCUT2D eigenvalue weighted by atomic mass is 32.1. The lowest BCUT2D eigenvalue weighted by molar-refractivity contribution is -0.115. The van der Waals surface area contributed by atoms with Crippen LogP contribution in [0, 0.1) is 13.8 Å². The van der Waals surface area contributed by atoms with Crippen molar-refractivity contribution in [1.82, 2.24) is 9.97 Å². The first-order chi connectivity index (χ1) is 11.1. The molecule has 0 atom stereocenters. The predicted molar refractivity (Wildman–Crippen MR) is 93.6 cm³/mol. The summed E-state index contributed by atoms with van der Waals surface area (Å²) in [6.07, 6.45) is 2.09. The summed E-state index contributed by atoms with van der Waals surface area (Å²) >= 11 is 1.48. The minimum atomic E-state index is -0.0548. The van der Waals surface area contributed by atoms with Gasteiger partial charge in [-0.15, -0.1) is 11.3 Å². The normalized spacial score (nSPS) is 10.5. The number of pyridine rings is 1. The van der Waals surface area contributed by atoms with Gasteiger partial charge >= 0.3 is 0 Å². The molecule has 5 heteroatoms. The first-order valence-electron chi connectivity index (χ1n) is 7.35. The molecule has 3 aromatic rings. The lowest BCUT2D eigenvalue weighted by Crippen LogP contribution is -2.14. The Hall–Kier alpha value is -2.53. The third-order valence-electron chi connectivity index (χ3n) is 3.37. The molecule has 0 radical (unpaired) electrons. The Kier molecular flexibility index (Phi) is 4.48. The van der Waals surface area contributed by atoms with Crippen molar-refractivity contribution in [2.45, 2.75) is 20.3 Å². The highest BCUT2D eigenvalue weighted by molar-refractivity contribution is 7.15. The van der Waals surface area contributed by atoms with Crippen LogP contribution in [0.3, 0.4) is 0 Å². The third-order valence-corrected chi connectivity index (χ3v) is 4.20. The zero-order valence-corrected chi connectivity index (χ0v) is 13.9. The van der Waals surface area contributed by atoms with Crippen molar-refractivity contribution >= 4 is 22.4 Å². The molecule has 1 aromatic carbocycles. The summed E-state index contributed by atoms with van der Waals surface area (Å²) < 4.78 is 0. The third kappa shape index (κ3) is 4.02. The lowest BCUT2D eigenvalue weighted by Gasteiger charge is -2.05. The number of anilines is 1.